The van der Waals surface area contributed by atoms with Crippen molar-refractivity contribution < 1.29 is 23.8 Å². The van der Waals surface area contributed by atoms with Crippen molar-refractivity contribution in [3.8, 4) is 5.75 Å². The maximum Gasteiger partial charge on any atom is 0.357 e. The van der Waals surface area contributed by atoms with E-state index in [0.717, 1.165) is 0 Å². The van der Waals surface area contributed by atoms with E-state index in [1.54, 1.807) is 48.8 Å². The Bertz CT molecular complexity index is 731. The van der Waals surface area contributed by atoms with Crippen LogP contribution in [0.3, 0.4) is 0 Å². The molecule has 2 rings (SSSR count). The Hall–Kier alpha value is -2.45. The van der Waals surface area contributed by atoms with Gasteiger partial charge in [0.25, 0.3) is 5.91 Å². The molecule has 7 nitrogen and oxygen atoms in total. The molecule has 8 heteroatoms. The zero-order chi connectivity index (χ0) is 18.2. The van der Waals surface area contributed by atoms with Crippen LogP contribution in [0.4, 0.5) is 0 Å². The lowest BCUT2D eigenvalue weighted by Crippen LogP contribution is -2.33. The number of hydrogen-bond donors (Lipinski definition) is 0. The minimum atomic E-state index is -0.495. The van der Waals surface area contributed by atoms with Crippen LogP contribution in [0.25, 0.3) is 0 Å². The van der Waals surface area contributed by atoms with Gasteiger partial charge in [0.1, 0.15) is 10.8 Å². The molecule has 25 heavy (non-hydrogen) atoms. The predicted molar refractivity (Wildman–Crippen MR) is 93.1 cm³/mol. The lowest BCUT2D eigenvalue weighted by molar-refractivity contribution is 0.0594. The molecule has 0 unspecified atom stereocenters. The van der Waals surface area contributed by atoms with Gasteiger partial charge in [0.05, 0.1) is 27.4 Å². The number of nitrogens with zero attached hydrogens (tertiary/aromatic N) is 2. The van der Waals surface area contributed by atoms with Gasteiger partial charge in [-0.2, -0.15) is 0 Å². The maximum absolute atomic E-state index is 12.8. The molecule has 0 radical (unpaired) electrons. The summed E-state index contributed by atoms with van der Waals surface area (Å²) in [7, 11) is 4.43. The first-order chi connectivity index (χ1) is 12.1. The summed E-state index contributed by atoms with van der Waals surface area (Å²) in [5, 5.41) is 2.26. The molecular formula is C17H20N2O5S. The zero-order valence-electron chi connectivity index (χ0n) is 14.4. The minimum absolute atomic E-state index is 0.161. The van der Waals surface area contributed by atoms with Gasteiger partial charge in [-0.25, -0.2) is 9.78 Å². The standard InChI is InChI=1S/C17H20N2O5S/c1-22-8-7-19(10-15-18-14(11-25-15)17(21)24-3)16(20)12-5-4-6-13(9-12)23-2/h4-6,9,11H,7-8,10H2,1-3H3. The second-order valence-corrected chi connectivity index (χ2v) is 6.01. The van der Waals surface area contributed by atoms with Gasteiger partial charge >= 0.3 is 5.97 Å². The quantitative estimate of drug-likeness (QED) is 0.669. The molecule has 0 aliphatic rings. The number of carbonyl (C=O) groups excluding carboxylic acids is 2. The van der Waals surface area contributed by atoms with Gasteiger partial charge in [0.2, 0.25) is 0 Å². The number of amides is 1. The van der Waals surface area contributed by atoms with E-state index in [1.807, 2.05) is 0 Å². The van der Waals surface area contributed by atoms with E-state index < -0.39 is 5.97 Å². The summed E-state index contributed by atoms with van der Waals surface area (Å²) in [6.45, 7) is 1.08. The van der Waals surface area contributed by atoms with Gasteiger partial charge < -0.3 is 19.1 Å². The van der Waals surface area contributed by atoms with Crippen molar-refractivity contribution >= 4 is 23.2 Å². The van der Waals surface area contributed by atoms with Crippen LogP contribution < -0.4 is 4.74 Å². The van der Waals surface area contributed by atoms with Crippen molar-refractivity contribution in [2.24, 2.45) is 0 Å². The van der Waals surface area contributed by atoms with Gasteiger partial charge in [0.15, 0.2) is 5.69 Å². The second kappa shape index (κ2) is 9.14. The Morgan fingerprint density at radius 1 is 1.24 bits per heavy atom. The SMILES string of the molecule is COCCN(Cc1nc(C(=O)OC)cs1)C(=O)c1cccc(OC)c1. The Kier molecular flexibility index (Phi) is 6.91. The molecule has 134 valence electrons. The summed E-state index contributed by atoms with van der Waals surface area (Å²) >= 11 is 1.30. The van der Waals surface area contributed by atoms with E-state index in [0.29, 0.717) is 29.5 Å². The molecule has 0 N–H and O–H groups in total. The Labute approximate surface area is 150 Å². The highest BCUT2D eigenvalue weighted by molar-refractivity contribution is 7.09. The molecule has 2 aromatic rings. The van der Waals surface area contributed by atoms with Crippen molar-refractivity contribution in [3.05, 3.63) is 45.9 Å². The summed E-state index contributed by atoms with van der Waals surface area (Å²) < 4.78 is 14.9. The topological polar surface area (TPSA) is 78.0 Å². The van der Waals surface area contributed by atoms with E-state index in [2.05, 4.69) is 9.72 Å². The molecule has 0 bridgehead atoms. The van der Waals surface area contributed by atoms with Gasteiger partial charge in [-0.15, -0.1) is 11.3 Å². The molecule has 0 aliphatic heterocycles. The summed E-state index contributed by atoms with van der Waals surface area (Å²) in [5.74, 6) is -0.0457. The highest BCUT2D eigenvalue weighted by atomic mass is 32.1. The third-order valence-electron chi connectivity index (χ3n) is 3.44. The summed E-state index contributed by atoms with van der Waals surface area (Å²) in [5.41, 5.74) is 0.753. The van der Waals surface area contributed by atoms with Crippen molar-refractivity contribution in [1.29, 1.82) is 0 Å². The Morgan fingerprint density at radius 2 is 2.04 bits per heavy atom. The fourth-order valence-electron chi connectivity index (χ4n) is 2.14. The van der Waals surface area contributed by atoms with Crippen molar-refractivity contribution in [1.82, 2.24) is 9.88 Å². The monoisotopic (exact) mass is 364 g/mol. The summed E-state index contributed by atoms with van der Waals surface area (Å²) in [4.78, 5) is 30.2. The summed E-state index contributed by atoms with van der Waals surface area (Å²) in [6, 6.07) is 6.95. The molecule has 0 fully saturated rings. The molecule has 0 atom stereocenters. The first-order valence-corrected chi connectivity index (χ1v) is 8.42. The van der Waals surface area contributed by atoms with Crippen LogP contribution >= 0.6 is 11.3 Å². The molecule has 1 aromatic carbocycles. The van der Waals surface area contributed by atoms with Gasteiger partial charge in [-0.05, 0) is 18.2 Å². The average Bonchev–Trinajstić information content (AvgIpc) is 3.12. The van der Waals surface area contributed by atoms with Gasteiger partial charge in [0, 0.05) is 24.6 Å². The smallest absolute Gasteiger partial charge is 0.357 e. The molecule has 1 heterocycles. The maximum atomic E-state index is 12.8. The van der Waals surface area contributed by atoms with Crippen molar-refractivity contribution in [2.75, 3.05) is 34.5 Å². The molecular weight excluding hydrogens is 344 g/mol. The minimum Gasteiger partial charge on any atom is -0.497 e. The van der Waals surface area contributed by atoms with Crippen molar-refractivity contribution in [2.45, 2.75) is 6.54 Å². The van der Waals surface area contributed by atoms with E-state index in [1.165, 1.54) is 18.4 Å². The van der Waals surface area contributed by atoms with E-state index in [9.17, 15) is 9.59 Å². The van der Waals surface area contributed by atoms with Crippen LogP contribution in [0.1, 0.15) is 25.9 Å². The fourth-order valence-corrected chi connectivity index (χ4v) is 2.92. The molecule has 1 amide bonds. The normalized spacial score (nSPS) is 10.4. The molecule has 0 aliphatic carbocycles. The number of carbonyl (C=O) groups is 2. The Balaban J connectivity index is 2.18. The van der Waals surface area contributed by atoms with Crippen LogP contribution in [0.15, 0.2) is 29.6 Å². The molecule has 0 saturated heterocycles. The number of hydrogen-bond acceptors (Lipinski definition) is 7. The van der Waals surface area contributed by atoms with Gasteiger partial charge in [-0.1, -0.05) is 6.07 Å². The predicted octanol–water partition coefficient (Wildman–Crippen LogP) is 2.23. The number of aromatic nitrogens is 1. The number of thiazole rings is 1. The summed E-state index contributed by atoms with van der Waals surface area (Å²) in [6.07, 6.45) is 0. The average molecular weight is 364 g/mol. The van der Waals surface area contributed by atoms with E-state index in [4.69, 9.17) is 9.47 Å². The van der Waals surface area contributed by atoms with Crippen LogP contribution in [-0.2, 0) is 16.0 Å². The third-order valence-corrected chi connectivity index (χ3v) is 4.28. The van der Waals surface area contributed by atoms with Crippen LogP contribution in [0.5, 0.6) is 5.75 Å². The van der Waals surface area contributed by atoms with Crippen LogP contribution in [0.2, 0.25) is 0 Å². The van der Waals surface area contributed by atoms with E-state index >= 15 is 0 Å². The fraction of sp³-hybridized carbons (Fsp3) is 0.353. The second-order valence-electron chi connectivity index (χ2n) is 5.07. The number of ether oxygens (including phenoxy) is 3. The van der Waals surface area contributed by atoms with Crippen LogP contribution in [-0.4, -0.2) is 56.2 Å². The number of esters is 1. The zero-order valence-corrected chi connectivity index (χ0v) is 15.2. The Morgan fingerprint density at radius 3 is 2.72 bits per heavy atom. The van der Waals surface area contributed by atoms with Crippen LogP contribution in [0, 0.1) is 0 Å². The van der Waals surface area contributed by atoms with E-state index in [-0.39, 0.29) is 18.1 Å². The largest absolute Gasteiger partial charge is 0.497 e. The molecule has 0 spiro atoms. The molecule has 1 aromatic heterocycles. The molecule has 0 saturated carbocycles. The number of benzene rings is 1. The highest BCUT2D eigenvalue weighted by Gasteiger charge is 2.19. The highest BCUT2D eigenvalue weighted by Crippen LogP contribution is 2.18. The first kappa shape index (κ1) is 18.9. The lowest BCUT2D eigenvalue weighted by Gasteiger charge is -2.21. The lowest BCUT2D eigenvalue weighted by atomic mass is 10.2. The van der Waals surface area contributed by atoms with Crippen molar-refractivity contribution in [3.63, 3.8) is 0 Å². The van der Waals surface area contributed by atoms with Gasteiger partial charge in [-0.3, -0.25) is 4.79 Å². The number of rotatable bonds is 8. The first-order valence-electron chi connectivity index (χ1n) is 7.54. The number of methoxy groups -OCH3 is 3. The third kappa shape index (κ3) is 5.01.